The summed E-state index contributed by atoms with van der Waals surface area (Å²) >= 11 is 0. The molecule has 6 heteroatoms. The number of hydrogen-bond donors (Lipinski definition) is 2. The molecule has 1 fully saturated rings. The van der Waals surface area contributed by atoms with Crippen LogP contribution in [0.25, 0.3) is 0 Å². The molecule has 1 aliphatic carbocycles. The number of ether oxygens (including phenoxy) is 1. The van der Waals surface area contributed by atoms with Crippen LogP contribution >= 0.6 is 0 Å². The predicted molar refractivity (Wildman–Crippen MR) is 78.8 cm³/mol. The third-order valence-electron chi connectivity index (χ3n) is 3.56. The zero-order valence-corrected chi connectivity index (χ0v) is 12.3. The topological polar surface area (TPSA) is 71.1 Å². The lowest BCUT2D eigenvalue weighted by Gasteiger charge is -2.18. The molecule has 2 rings (SSSR count). The van der Waals surface area contributed by atoms with Crippen LogP contribution in [-0.4, -0.2) is 42.7 Å². The minimum atomic E-state index is -0.407. The van der Waals surface area contributed by atoms with Gasteiger partial charge in [-0.25, -0.2) is 4.39 Å². The Bertz CT molecular complexity index is 504. The van der Waals surface area contributed by atoms with Crippen molar-refractivity contribution >= 4 is 5.84 Å². The van der Waals surface area contributed by atoms with Crippen LogP contribution in [0.4, 0.5) is 4.39 Å². The molecular weight excluding hydrogens is 273 g/mol. The molecule has 5 nitrogen and oxygen atoms in total. The summed E-state index contributed by atoms with van der Waals surface area (Å²) in [7, 11) is 1.96. The summed E-state index contributed by atoms with van der Waals surface area (Å²) in [5, 5.41) is 11.7. The number of benzene rings is 1. The molecule has 3 N–H and O–H groups in total. The number of likely N-dealkylation sites (N-methyl/N-ethyl adjacent to an activating group) is 1. The van der Waals surface area contributed by atoms with E-state index in [1.54, 1.807) is 6.07 Å². The molecule has 1 aliphatic rings. The van der Waals surface area contributed by atoms with Crippen molar-refractivity contribution in [2.75, 3.05) is 26.8 Å². The van der Waals surface area contributed by atoms with E-state index in [1.807, 2.05) is 7.05 Å². The molecule has 0 bridgehead atoms. The molecule has 1 saturated carbocycles. The molecule has 0 spiro atoms. The van der Waals surface area contributed by atoms with Crippen LogP contribution < -0.4 is 5.73 Å². The van der Waals surface area contributed by atoms with Crippen LogP contribution in [0, 0.1) is 11.7 Å². The maximum Gasteiger partial charge on any atom is 0.170 e. The highest BCUT2D eigenvalue weighted by atomic mass is 19.1. The van der Waals surface area contributed by atoms with Crippen molar-refractivity contribution in [1.82, 2.24) is 4.90 Å². The Morgan fingerprint density at radius 3 is 2.95 bits per heavy atom. The van der Waals surface area contributed by atoms with E-state index in [-0.39, 0.29) is 5.84 Å². The fraction of sp³-hybridized carbons (Fsp3) is 0.533. The van der Waals surface area contributed by atoms with Gasteiger partial charge in [-0.3, -0.25) is 4.90 Å². The van der Waals surface area contributed by atoms with E-state index < -0.39 is 5.82 Å². The number of nitrogens with two attached hydrogens (primary N) is 1. The molecule has 0 saturated heterocycles. The van der Waals surface area contributed by atoms with Crippen molar-refractivity contribution in [3.05, 3.63) is 35.1 Å². The van der Waals surface area contributed by atoms with Crippen LogP contribution in [0.15, 0.2) is 23.4 Å². The second-order valence-electron chi connectivity index (χ2n) is 5.54. The standard InChI is InChI=1S/C15H22FN3O2/c1-19(6-7-21-10-11-2-3-11)9-12-4-5-13(16)8-14(12)15(17)18-20/h4-5,8,11,20H,2-3,6-7,9-10H2,1H3,(H2,17,18). The van der Waals surface area contributed by atoms with Gasteiger partial charge >= 0.3 is 0 Å². The van der Waals surface area contributed by atoms with E-state index in [1.165, 1.54) is 25.0 Å². The quantitative estimate of drug-likeness (QED) is 0.252. The second-order valence-corrected chi connectivity index (χ2v) is 5.54. The van der Waals surface area contributed by atoms with Gasteiger partial charge in [-0.2, -0.15) is 0 Å². The molecule has 116 valence electrons. The maximum atomic E-state index is 13.3. The summed E-state index contributed by atoms with van der Waals surface area (Å²) < 4.78 is 18.9. The van der Waals surface area contributed by atoms with Crippen molar-refractivity contribution in [1.29, 1.82) is 0 Å². The third kappa shape index (κ3) is 4.99. The highest BCUT2D eigenvalue weighted by molar-refractivity contribution is 5.98. The Hall–Kier alpha value is -1.66. The zero-order chi connectivity index (χ0) is 15.2. The minimum Gasteiger partial charge on any atom is -0.409 e. The van der Waals surface area contributed by atoms with Gasteiger partial charge in [0.2, 0.25) is 0 Å². The summed E-state index contributed by atoms with van der Waals surface area (Å²) in [4.78, 5) is 2.06. The molecule has 0 heterocycles. The van der Waals surface area contributed by atoms with E-state index in [0.29, 0.717) is 18.7 Å². The molecule has 1 aromatic carbocycles. The van der Waals surface area contributed by atoms with Gasteiger partial charge in [-0.1, -0.05) is 11.2 Å². The number of amidine groups is 1. The van der Waals surface area contributed by atoms with Gasteiger partial charge in [0.15, 0.2) is 5.84 Å². The molecule has 1 aromatic rings. The van der Waals surface area contributed by atoms with Crippen molar-refractivity contribution in [2.24, 2.45) is 16.8 Å². The van der Waals surface area contributed by atoms with E-state index in [2.05, 4.69) is 10.1 Å². The number of hydrogen-bond acceptors (Lipinski definition) is 4. The van der Waals surface area contributed by atoms with Gasteiger partial charge in [-0.05, 0) is 43.5 Å². The van der Waals surface area contributed by atoms with Crippen LogP contribution in [-0.2, 0) is 11.3 Å². The summed E-state index contributed by atoms with van der Waals surface area (Å²) in [5.41, 5.74) is 6.83. The number of oxime groups is 1. The first-order valence-corrected chi connectivity index (χ1v) is 7.12. The molecule has 0 radical (unpaired) electrons. The molecule has 0 amide bonds. The van der Waals surface area contributed by atoms with E-state index in [0.717, 1.165) is 24.6 Å². The van der Waals surface area contributed by atoms with Crippen LogP contribution in [0.5, 0.6) is 0 Å². The first-order chi connectivity index (χ1) is 10.1. The van der Waals surface area contributed by atoms with Crippen molar-refractivity contribution in [2.45, 2.75) is 19.4 Å². The van der Waals surface area contributed by atoms with E-state index in [9.17, 15) is 4.39 Å². The largest absolute Gasteiger partial charge is 0.409 e. The summed E-state index contributed by atoms with van der Waals surface area (Å²) in [6, 6.07) is 4.31. The zero-order valence-electron chi connectivity index (χ0n) is 12.3. The van der Waals surface area contributed by atoms with Crippen LogP contribution in [0.2, 0.25) is 0 Å². The van der Waals surface area contributed by atoms with Crippen molar-refractivity contribution < 1.29 is 14.3 Å². The molecule has 21 heavy (non-hydrogen) atoms. The normalized spacial score (nSPS) is 15.7. The van der Waals surface area contributed by atoms with Crippen LogP contribution in [0.1, 0.15) is 24.0 Å². The van der Waals surface area contributed by atoms with Gasteiger partial charge in [0.1, 0.15) is 5.82 Å². The number of rotatable bonds is 8. The lowest BCUT2D eigenvalue weighted by atomic mass is 10.1. The highest BCUT2D eigenvalue weighted by Gasteiger charge is 2.21. The first kappa shape index (κ1) is 15.7. The fourth-order valence-electron chi connectivity index (χ4n) is 2.10. The Morgan fingerprint density at radius 1 is 1.52 bits per heavy atom. The van der Waals surface area contributed by atoms with Gasteiger partial charge in [0, 0.05) is 25.3 Å². The molecular formula is C15H22FN3O2. The lowest BCUT2D eigenvalue weighted by Crippen LogP contribution is -2.25. The molecule has 0 aliphatic heterocycles. The van der Waals surface area contributed by atoms with Gasteiger partial charge < -0.3 is 15.7 Å². The average molecular weight is 295 g/mol. The second kappa shape index (κ2) is 7.38. The molecule has 0 aromatic heterocycles. The fourth-order valence-corrected chi connectivity index (χ4v) is 2.10. The smallest absolute Gasteiger partial charge is 0.170 e. The monoisotopic (exact) mass is 295 g/mol. The summed E-state index contributed by atoms with van der Waals surface area (Å²) in [6.07, 6.45) is 2.57. The number of halogens is 1. The minimum absolute atomic E-state index is 0.0807. The average Bonchev–Trinajstić information content (AvgIpc) is 3.29. The lowest BCUT2D eigenvalue weighted by molar-refractivity contribution is 0.102. The third-order valence-corrected chi connectivity index (χ3v) is 3.56. The highest BCUT2D eigenvalue weighted by Crippen LogP contribution is 2.28. The van der Waals surface area contributed by atoms with Crippen molar-refractivity contribution in [3.63, 3.8) is 0 Å². The predicted octanol–water partition coefficient (Wildman–Crippen LogP) is 1.78. The molecule has 0 atom stereocenters. The van der Waals surface area contributed by atoms with Crippen LogP contribution in [0.3, 0.4) is 0 Å². The van der Waals surface area contributed by atoms with E-state index in [4.69, 9.17) is 15.7 Å². The Morgan fingerprint density at radius 2 is 2.29 bits per heavy atom. The SMILES string of the molecule is CN(CCOCC1CC1)Cc1ccc(F)cc1/C(N)=N/O. The number of nitrogens with zero attached hydrogens (tertiary/aromatic N) is 2. The van der Waals surface area contributed by atoms with E-state index >= 15 is 0 Å². The Balaban J connectivity index is 1.88. The summed E-state index contributed by atoms with van der Waals surface area (Å²) in [6.45, 7) is 2.88. The maximum absolute atomic E-state index is 13.3. The first-order valence-electron chi connectivity index (χ1n) is 7.12. The van der Waals surface area contributed by atoms with Crippen molar-refractivity contribution in [3.8, 4) is 0 Å². The van der Waals surface area contributed by atoms with Gasteiger partial charge in [0.05, 0.1) is 6.61 Å². The Kier molecular flexibility index (Phi) is 5.52. The molecule has 0 unspecified atom stereocenters. The van der Waals surface area contributed by atoms with Gasteiger partial charge in [0.25, 0.3) is 0 Å². The van der Waals surface area contributed by atoms with Gasteiger partial charge in [-0.15, -0.1) is 0 Å². The Labute approximate surface area is 124 Å². The summed E-state index contributed by atoms with van der Waals surface area (Å²) in [5.74, 6) is 0.276.